The van der Waals surface area contributed by atoms with Crippen LogP contribution < -0.4 is 10.6 Å². The molecule has 2 aliphatic heterocycles. The average Bonchev–Trinajstić information content (AvgIpc) is 3.25. The summed E-state index contributed by atoms with van der Waals surface area (Å²) in [5, 5.41) is 13.7. The van der Waals surface area contributed by atoms with E-state index in [1.54, 1.807) is 18.2 Å². The Labute approximate surface area is 230 Å². The molecule has 0 spiro atoms. The molecule has 0 atom stereocenters. The molecule has 2 saturated heterocycles. The molecule has 14 heteroatoms. The van der Waals surface area contributed by atoms with Crippen molar-refractivity contribution in [2.45, 2.75) is 18.9 Å². The van der Waals surface area contributed by atoms with Gasteiger partial charge in [-0.2, -0.15) is 26.3 Å². The highest BCUT2D eigenvalue weighted by molar-refractivity contribution is 8.18. The van der Waals surface area contributed by atoms with Crippen molar-refractivity contribution in [2.24, 2.45) is 4.99 Å². The number of hydrogen-bond donors (Lipinski definition) is 3. The van der Waals surface area contributed by atoms with E-state index in [-0.39, 0.29) is 17.5 Å². The summed E-state index contributed by atoms with van der Waals surface area (Å²) < 4.78 is 84.5. The fourth-order valence-electron chi connectivity index (χ4n) is 4.08. The van der Waals surface area contributed by atoms with Crippen LogP contribution >= 0.6 is 11.8 Å². The van der Waals surface area contributed by atoms with E-state index in [2.05, 4.69) is 20.5 Å². The Hall–Kier alpha value is -3.36. The van der Waals surface area contributed by atoms with Crippen LogP contribution in [0.1, 0.15) is 27.8 Å². The summed E-state index contributed by atoms with van der Waals surface area (Å²) in [5.74, 6) is -0.323. The van der Waals surface area contributed by atoms with E-state index in [1.807, 2.05) is 0 Å². The number of benzene rings is 2. The maximum Gasteiger partial charge on any atom is 0.416 e. The Morgan fingerprint density at radius 3 is 2.50 bits per heavy atom. The first-order valence-electron chi connectivity index (χ1n) is 12.2. The van der Waals surface area contributed by atoms with Crippen molar-refractivity contribution in [3.63, 3.8) is 0 Å². The summed E-state index contributed by atoms with van der Waals surface area (Å²) in [4.78, 5) is 19.5. The fraction of sp³-hybridized carbons (Fsp3) is 0.346. The highest BCUT2D eigenvalue weighted by Crippen LogP contribution is 2.37. The number of carbonyl (C=O) groups excluding carboxylic acids is 1. The molecule has 4 rings (SSSR count). The lowest BCUT2D eigenvalue weighted by atomic mass is 10.0. The highest BCUT2D eigenvalue weighted by Gasteiger charge is 2.38. The van der Waals surface area contributed by atoms with E-state index in [9.17, 15) is 31.1 Å². The molecule has 1 amide bonds. The lowest BCUT2D eigenvalue weighted by Gasteiger charge is -2.25. The number of carbonyl (C=O) groups is 1. The Kier molecular flexibility index (Phi) is 9.21. The van der Waals surface area contributed by atoms with Crippen molar-refractivity contribution in [1.82, 2.24) is 10.2 Å². The predicted molar refractivity (Wildman–Crippen MR) is 141 cm³/mol. The van der Waals surface area contributed by atoms with Crippen molar-refractivity contribution >= 4 is 40.8 Å². The number of rotatable bonds is 8. The van der Waals surface area contributed by atoms with Crippen molar-refractivity contribution < 1.29 is 35.9 Å². The van der Waals surface area contributed by atoms with Gasteiger partial charge in [-0.05, 0) is 53.2 Å². The highest BCUT2D eigenvalue weighted by atomic mass is 32.2. The van der Waals surface area contributed by atoms with Crippen molar-refractivity contribution in [3.05, 3.63) is 69.1 Å². The SMILES string of the molecule is N=Cc1cc(/C=C2\SC(=NCCN3CCOCC3)NC2=O)ccc1NCc1ccc(C(F)(F)F)cc1C(F)(F)F. The number of anilines is 1. The van der Waals surface area contributed by atoms with E-state index in [0.717, 1.165) is 31.9 Å². The van der Waals surface area contributed by atoms with E-state index in [1.165, 1.54) is 17.8 Å². The molecule has 2 heterocycles. The molecule has 0 saturated carbocycles. The number of aliphatic imine (C=N–C) groups is 1. The summed E-state index contributed by atoms with van der Waals surface area (Å²) in [5.41, 5.74) is -1.96. The van der Waals surface area contributed by atoms with Gasteiger partial charge in [-0.3, -0.25) is 14.7 Å². The lowest BCUT2D eigenvalue weighted by Crippen LogP contribution is -2.37. The van der Waals surface area contributed by atoms with Crippen molar-refractivity contribution in [1.29, 1.82) is 5.41 Å². The fourth-order valence-corrected chi connectivity index (χ4v) is 4.93. The zero-order valence-electron chi connectivity index (χ0n) is 21.0. The third-order valence-electron chi connectivity index (χ3n) is 6.17. The minimum Gasteiger partial charge on any atom is -0.380 e. The Morgan fingerprint density at radius 1 is 1.07 bits per heavy atom. The van der Waals surface area contributed by atoms with Gasteiger partial charge in [0.05, 0.1) is 35.8 Å². The van der Waals surface area contributed by atoms with Gasteiger partial charge < -0.3 is 20.8 Å². The van der Waals surface area contributed by atoms with Gasteiger partial charge in [-0.15, -0.1) is 0 Å². The second kappa shape index (κ2) is 12.4. The summed E-state index contributed by atoms with van der Waals surface area (Å²) in [6, 6.07) is 6.19. The molecular weight excluding hydrogens is 560 g/mol. The quantitative estimate of drug-likeness (QED) is 0.225. The molecule has 0 aromatic heterocycles. The third kappa shape index (κ3) is 7.64. The first-order valence-corrected chi connectivity index (χ1v) is 13.0. The first kappa shape index (κ1) is 29.6. The minimum atomic E-state index is -4.98. The maximum absolute atomic E-state index is 13.5. The molecule has 0 aliphatic carbocycles. The first-order chi connectivity index (χ1) is 18.9. The molecule has 214 valence electrons. The number of ether oxygens (including phenoxy) is 1. The summed E-state index contributed by atoms with van der Waals surface area (Å²) in [6.07, 6.45) is -7.29. The number of hydrogen-bond acceptors (Lipinski definition) is 7. The summed E-state index contributed by atoms with van der Waals surface area (Å²) >= 11 is 1.18. The Balaban J connectivity index is 1.44. The van der Waals surface area contributed by atoms with Gasteiger partial charge >= 0.3 is 12.4 Å². The Bertz CT molecular complexity index is 1320. The van der Waals surface area contributed by atoms with Gasteiger partial charge in [-0.1, -0.05) is 12.1 Å². The number of thioether (sulfide) groups is 1. The molecule has 2 fully saturated rings. The number of nitrogens with zero attached hydrogens (tertiary/aromatic N) is 2. The van der Waals surface area contributed by atoms with E-state index in [4.69, 9.17) is 10.1 Å². The summed E-state index contributed by atoms with van der Waals surface area (Å²) in [6.45, 7) is 3.89. The van der Waals surface area contributed by atoms with Gasteiger partial charge in [-0.25, -0.2) is 0 Å². The van der Waals surface area contributed by atoms with Gasteiger partial charge in [0.15, 0.2) is 5.17 Å². The number of halogens is 6. The number of amides is 1. The molecule has 3 N–H and O–H groups in total. The molecule has 2 aromatic carbocycles. The van der Waals surface area contributed by atoms with Crippen LogP contribution in [0.4, 0.5) is 32.0 Å². The largest absolute Gasteiger partial charge is 0.416 e. The van der Waals surface area contributed by atoms with Crippen LogP contribution in [0.2, 0.25) is 0 Å². The second-order valence-corrected chi connectivity index (χ2v) is 9.95. The van der Waals surface area contributed by atoms with E-state index < -0.39 is 30.0 Å². The molecular formula is C26H25F6N5O2S. The van der Waals surface area contributed by atoms with Crippen LogP contribution in [-0.2, 0) is 28.4 Å². The predicted octanol–water partition coefficient (Wildman–Crippen LogP) is 5.23. The van der Waals surface area contributed by atoms with E-state index in [0.29, 0.717) is 52.7 Å². The van der Waals surface area contributed by atoms with Gasteiger partial charge in [0.25, 0.3) is 5.91 Å². The molecule has 0 unspecified atom stereocenters. The number of nitrogens with one attached hydrogen (secondary N) is 3. The minimum absolute atomic E-state index is 0.0916. The normalized spacial score (nSPS) is 18.8. The standard InChI is InChI=1S/C26H25F6N5O2S/c27-25(28,29)19-3-2-17(20(13-19)26(30,31)32)15-35-21-4-1-16(11-18(21)14-33)12-22-23(38)36-24(40-22)34-5-6-37-7-9-39-10-8-37/h1-4,11-14,33,35H,5-10,15H2,(H,34,36,38)/b22-12-,33-14?. The zero-order chi connectivity index (χ0) is 28.9. The number of morpholine rings is 1. The molecule has 7 nitrogen and oxygen atoms in total. The maximum atomic E-state index is 13.5. The number of amidine groups is 1. The lowest BCUT2D eigenvalue weighted by molar-refractivity contribution is -0.143. The topological polar surface area (TPSA) is 89.8 Å². The van der Waals surface area contributed by atoms with Crippen LogP contribution in [0, 0.1) is 5.41 Å². The zero-order valence-corrected chi connectivity index (χ0v) is 21.8. The van der Waals surface area contributed by atoms with Gasteiger partial charge in [0, 0.05) is 43.6 Å². The Morgan fingerprint density at radius 2 is 1.82 bits per heavy atom. The monoisotopic (exact) mass is 585 g/mol. The molecule has 0 bridgehead atoms. The van der Waals surface area contributed by atoms with Crippen LogP contribution in [0.5, 0.6) is 0 Å². The smallest absolute Gasteiger partial charge is 0.380 e. The third-order valence-corrected chi connectivity index (χ3v) is 7.11. The van der Waals surface area contributed by atoms with E-state index >= 15 is 0 Å². The van der Waals surface area contributed by atoms with Gasteiger partial charge in [0.2, 0.25) is 0 Å². The molecule has 40 heavy (non-hydrogen) atoms. The number of alkyl halides is 6. The van der Waals surface area contributed by atoms with Crippen LogP contribution in [0.3, 0.4) is 0 Å². The average molecular weight is 586 g/mol. The van der Waals surface area contributed by atoms with Gasteiger partial charge in [0.1, 0.15) is 0 Å². The van der Waals surface area contributed by atoms with Crippen LogP contribution in [0.15, 0.2) is 46.3 Å². The van der Waals surface area contributed by atoms with Crippen molar-refractivity contribution in [3.8, 4) is 0 Å². The van der Waals surface area contributed by atoms with Crippen LogP contribution in [0.25, 0.3) is 6.08 Å². The molecule has 0 radical (unpaired) electrons. The molecule has 2 aromatic rings. The second-order valence-electron chi connectivity index (χ2n) is 8.92. The summed E-state index contributed by atoms with van der Waals surface area (Å²) in [7, 11) is 0. The molecule has 2 aliphatic rings. The van der Waals surface area contributed by atoms with Crippen molar-refractivity contribution in [2.75, 3.05) is 44.7 Å². The van der Waals surface area contributed by atoms with Crippen LogP contribution in [-0.4, -0.2) is 61.6 Å².